The van der Waals surface area contributed by atoms with E-state index in [9.17, 15) is 24.9 Å². The Morgan fingerprint density at radius 3 is 2.35 bits per heavy atom. The van der Waals surface area contributed by atoms with Gasteiger partial charge in [-0.05, 0) is 70.0 Å². The van der Waals surface area contributed by atoms with E-state index in [1.54, 1.807) is 17.4 Å². The fraction of sp³-hybridized carbons (Fsp3) is 0.261. The van der Waals surface area contributed by atoms with Crippen molar-refractivity contribution in [3.8, 4) is 11.5 Å². The molecule has 0 saturated carbocycles. The molecule has 1 aliphatic heterocycles. The molecule has 0 spiro atoms. The quantitative estimate of drug-likeness (QED) is 0.0355. The van der Waals surface area contributed by atoms with Crippen molar-refractivity contribution in [2.24, 2.45) is 0 Å². The molecule has 0 atom stereocenters. The van der Waals surface area contributed by atoms with Crippen molar-refractivity contribution in [1.29, 1.82) is 0 Å². The Hall–Kier alpha value is -6.20. The maximum absolute atomic E-state index is 13.6. The summed E-state index contributed by atoms with van der Waals surface area (Å²) in [5, 5.41) is 37.3. The van der Waals surface area contributed by atoms with Crippen LogP contribution in [0, 0.1) is 0 Å². The zero-order chi connectivity index (χ0) is 40.3. The number of ether oxygens (including phenoxy) is 1. The molecule has 2 heterocycles. The average Bonchev–Trinajstić information content (AvgIpc) is 3.72. The van der Waals surface area contributed by atoms with Gasteiger partial charge in [-0.1, -0.05) is 48.5 Å². The predicted octanol–water partition coefficient (Wildman–Crippen LogP) is 9.01. The number of carbonyl (C=O) groups excluding carboxylic acids is 2. The molecule has 7 rings (SSSR count). The number of allylic oxidation sites excluding steroid dienone is 3. The molecule has 4 aromatic carbocycles. The fourth-order valence-electron chi connectivity index (χ4n) is 7.52. The topological polar surface area (TPSA) is 135 Å². The molecule has 0 unspecified atom stereocenters. The second-order valence-corrected chi connectivity index (χ2v) is 15.6. The predicted molar refractivity (Wildman–Crippen MR) is 229 cm³/mol. The second kappa shape index (κ2) is 16.5. The standard InChI is InChI=1S/C46H46N4O6S/c1-5-49(6-2)31-26-36(51)42(37(52)27-31)43-44(54)32(45(43)55)28-39-46(3,4)33-12-7-9-14-35(33)50(39)24-25-56-41(53)16-11-23-47-30-20-17-29(18-21-30)19-22-40-48-34-13-8-10-15-38(34)57-40/h7-10,12-15,17-22,26-28H,5-6,11,16,23-25H2,1-4H3,(H3,47,48,51,52,54,55)/p+1. The smallest absolute Gasteiger partial charge is 0.306 e. The first-order valence-electron chi connectivity index (χ1n) is 19.3. The number of aromatic nitrogens is 1. The van der Waals surface area contributed by atoms with Gasteiger partial charge < -0.3 is 30.3 Å². The molecule has 10 nitrogen and oxygen atoms in total. The van der Waals surface area contributed by atoms with Gasteiger partial charge in [-0.25, -0.2) is 4.98 Å². The monoisotopic (exact) mass is 783 g/mol. The van der Waals surface area contributed by atoms with Crippen LogP contribution in [0.1, 0.15) is 62.2 Å². The van der Waals surface area contributed by atoms with Crippen LogP contribution in [-0.4, -0.2) is 75.1 Å². The van der Waals surface area contributed by atoms with Crippen LogP contribution in [0.4, 0.5) is 17.1 Å². The summed E-state index contributed by atoms with van der Waals surface area (Å²) in [7, 11) is 0. The highest BCUT2D eigenvalue weighted by atomic mass is 32.1. The van der Waals surface area contributed by atoms with E-state index < -0.39 is 11.2 Å². The lowest BCUT2D eigenvalue weighted by molar-refractivity contribution is -0.440. The number of Topliss-reactive ketones (excluding diaryl/α,β-unsaturated/α-hetero) is 1. The Balaban J connectivity index is 0.965. The van der Waals surface area contributed by atoms with E-state index in [0.717, 1.165) is 38.7 Å². The largest absolute Gasteiger partial charge is 0.507 e. The Morgan fingerprint density at radius 2 is 1.65 bits per heavy atom. The SMILES string of the molecule is CCN(CC)c1cc(O)c(C2=C(O)/C(=C/C3=[N+](CCOC(=O)CCCNc4ccc(/C=C/c5nc6ccccc6s5)cc4)c4ccccc4C3(C)C)C2=O)c(O)c1. The molecule has 0 saturated heterocycles. The molecule has 0 amide bonds. The van der Waals surface area contributed by atoms with Crippen LogP contribution in [0.15, 0.2) is 102 Å². The number of para-hydroxylation sites is 2. The molecule has 11 heteroatoms. The summed E-state index contributed by atoms with van der Waals surface area (Å²) in [5.74, 6) is -1.66. The lowest BCUT2D eigenvalue weighted by Crippen LogP contribution is -2.31. The van der Waals surface area contributed by atoms with Gasteiger partial charge in [-0.15, -0.1) is 11.3 Å². The number of ketones is 1. The number of aliphatic hydroxyl groups excluding tert-OH is 1. The van der Waals surface area contributed by atoms with Crippen LogP contribution in [0.3, 0.4) is 0 Å². The number of hydrogen-bond donors (Lipinski definition) is 4. The van der Waals surface area contributed by atoms with E-state index in [2.05, 4.69) is 16.4 Å². The molecule has 0 fully saturated rings. The first kappa shape index (κ1) is 39.1. The summed E-state index contributed by atoms with van der Waals surface area (Å²) >= 11 is 1.66. The molecule has 57 heavy (non-hydrogen) atoms. The second-order valence-electron chi connectivity index (χ2n) is 14.5. The third kappa shape index (κ3) is 7.93. The summed E-state index contributed by atoms with van der Waals surface area (Å²) in [6.45, 7) is 10.4. The van der Waals surface area contributed by atoms with Crippen LogP contribution in [0.5, 0.6) is 11.5 Å². The lowest BCUT2D eigenvalue weighted by Gasteiger charge is -2.26. The van der Waals surface area contributed by atoms with Crippen LogP contribution in [-0.2, 0) is 19.7 Å². The number of aliphatic hydroxyl groups is 1. The lowest BCUT2D eigenvalue weighted by atomic mass is 9.77. The fourth-order valence-corrected chi connectivity index (χ4v) is 8.39. The highest BCUT2D eigenvalue weighted by molar-refractivity contribution is 7.19. The van der Waals surface area contributed by atoms with E-state index >= 15 is 0 Å². The average molecular weight is 784 g/mol. The van der Waals surface area contributed by atoms with Gasteiger partial charge in [-0.3, -0.25) is 9.59 Å². The minimum Gasteiger partial charge on any atom is -0.507 e. The van der Waals surface area contributed by atoms with Gasteiger partial charge in [-0.2, -0.15) is 4.58 Å². The zero-order valence-corrected chi connectivity index (χ0v) is 33.4. The van der Waals surface area contributed by atoms with E-state index in [1.807, 2.05) is 116 Å². The molecule has 1 aliphatic carbocycles. The van der Waals surface area contributed by atoms with Crippen LogP contribution >= 0.6 is 11.3 Å². The molecule has 292 valence electrons. The Morgan fingerprint density at radius 1 is 0.947 bits per heavy atom. The third-order valence-corrected chi connectivity index (χ3v) is 11.6. The van der Waals surface area contributed by atoms with Crippen LogP contribution in [0.25, 0.3) is 27.9 Å². The minimum atomic E-state index is -0.545. The number of carbonyl (C=O) groups is 2. The third-order valence-electron chi connectivity index (χ3n) is 10.6. The van der Waals surface area contributed by atoms with Gasteiger partial charge in [0.2, 0.25) is 11.5 Å². The Kier molecular flexibility index (Phi) is 11.3. The van der Waals surface area contributed by atoms with Gasteiger partial charge in [0.15, 0.2) is 18.9 Å². The molecule has 2 aliphatic rings. The van der Waals surface area contributed by atoms with Gasteiger partial charge in [0.05, 0.1) is 32.3 Å². The molecular weight excluding hydrogens is 737 g/mol. The number of thiazole rings is 1. The van der Waals surface area contributed by atoms with Crippen LogP contribution < -0.4 is 10.2 Å². The molecule has 0 bridgehead atoms. The van der Waals surface area contributed by atoms with E-state index in [4.69, 9.17) is 4.74 Å². The Labute approximate surface area is 336 Å². The number of rotatable bonds is 15. The van der Waals surface area contributed by atoms with E-state index in [-0.39, 0.29) is 53.0 Å². The number of nitrogens with one attached hydrogen (secondary N) is 1. The van der Waals surface area contributed by atoms with Gasteiger partial charge in [0, 0.05) is 67.3 Å². The number of anilines is 2. The minimum absolute atomic E-state index is 0.0811. The summed E-state index contributed by atoms with van der Waals surface area (Å²) < 4.78 is 8.86. The number of esters is 1. The Bertz CT molecular complexity index is 2420. The summed E-state index contributed by atoms with van der Waals surface area (Å²) in [4.78, 5) is 33.0. The van der Waals surface area contributed by atoms with Crippen molar-refractivity contribution >= 4 is 73.8 Å². The number of phenolic OH excluding ortho intramolecular Hbond substituents is 2. The number of phenols is 2. The number of aromatic hydroxyl groups is 2. The van der Waals surface area contributed by atoms with Crippen molar-refractivity contribution in [2.75, 3.05) is 43.0 Å². The number of nitrogens with zero attached hydrogens (tertiary/aromatic N) is 3. The van der Waals surface area contributed by atoms with Gasteiger partial charge in [0.25, 0.3) is 0 Å². The number of hydrogen-bond acceptors (Lipinski definition) is 10. The number of fused-ring (bicyclic) bond motifs is 2. The highest BCUT2D eigenvalue weighted by Crippen LogP contribution is 2.47. The van der Waals surface area contributed by atoms with Crippen LogP contribution in [0.2, 0.25) is 0 Å². The van der Waals surface area contributed by atoms with E-state index in [0.29, 0.717) is 38.3 Å². The summed E-state index contributed by atoms with van der Waals surface area (Å²) in [6, 6.07) is 27.1. The normalized spacial score (nSPS) is 15.4. The maximum atomic E-state index is 13.6. The van der Waals surface area contributed by atoms with E-state index in [1.165, 1.54) is 16.8 Å². The van der Waals surface area contributed by atoms with Crippen molar-refractivity contribution in [2.45, 2.75) is 46.0 Å². The maximum Gasteiger partial charge on any atom is 0.306 e. The van der Waals surface area contributed by atoms with Gasteiger partial charge in [0.1, 0.15) is 22.3 Å². The van der Waals surface area contributed by atoms with Crippen molar-refractivity contribution in [3.63, 3.8) is 0 Å². The van der Waals surface area contributed by atoms with Crippen molar-refractivity contribution in [1.82, 2.24) is 4.98 Å². The number of benzene rings is 4. The molecular formula is C46H47N4O6S+. The molecule has 5 aromatic rings. The van der Waals surface area contributed by atoms with Crippen molar-refractivity contribution in [3.05, 3.63) is 124 Å². The zero-order valence-electron chi connectivity index (χ0n) is 32.6. The van der Waals surface area contributed by atoms with Crippen molar-refractivity contribution < 1.29 is 34.2 Å². The first-order chi connectivity index (χ1) is 27.5. The summed E-state index contributed by atoms with van der Waals surface area (Å²) in [6.07, 6.45) is 6.59. The summed E-state index contributed by atoms with van der Waals surface area (Å²) in [5.41, 5.74) is 5.67. The molecule has 0 radical (unpaired) electrons. The molecule has 4 N–H and O–H groups in total. The highest BCUT2D eigenvalue weighted by Gasteiger charge is 2.47. The molecule has 1 aromatic heterocycles. The van der Waals surface area contributed by atoms with Gasteiger partial charge >= 0.3 is 5.97 Å². The first-order valence-corrected chi connectivity index (χ1v) is 20.1.